The SMILES string of the molecule is COC1(c2cc(Br)ccc2C=O)CN(C)C1. The van der Waals surface area contributed by atoms with Crippen LogP contribution in [0.2, 0.25) is 0 Å². The van der Waals surface area contributed by atoms with Crippen LogP contribution in [0.15, 0.2) is 22.7 Å². The van der Waals surface area contributed by atoms with Crippen LogP contribution >= 0.6 is 15.9 Å². The molecule has 4 heteroatoms. The Morgan fingerprint density at radius 2 is 2.19 bits per heavy atom. The molecule has 0 bridgehead atoms. The summed E-state index contributed by atoms with van der Waals surface area (Å²) >= 11 is 3.43. The zero-order chi connectivity index (χ0) is 11.8. The van der Waals surface area contributed by atoms with Gasteiger partial charge in [-0.3, -0.25) is 9.69 Å². The Labute approximate surface area is 104 Å². The zero-order valence-electron chi connectivity index (χ0n) is 9.37. The number of likely N-dealkylation sites (tertiary alicyclic amines) is 1. The summed E-state index contributed by atoms with van der Waals surface area (Å²) in [6.45, 7) is 1.64. The van der Waals surface area contributed by atoms with E-state index in [4.69, 9.17) is 4.74 Å². The van der Waals surface area contributed by atoms with Crippen molar-refractivity contribution in [2.24, 2.45) is 0 Å². The number of nitrogens with zero attached hydrogens (tertiary/aromatic N) is 1. The second-order valence-electron chi connectivity index (χ2n) is 4.22. The Kier molecular flexibility index (Phi) is 3.15. The lowest BCUT2D eigenvalue weighted by atomic mass is 9.83. The van der Waals surface area contributed by atoms with Crippen LogP contribution in [0.25, 0.3) is 0 Å². The molecule has 1 aromatic rings. The predicted octanol–water partition coefficient (Wildman–Crippen LogP) is 2.05. The summed E-state index contributed by atoms with van der Waals surface area (Å²) in [5.74, 6) is 0. The molecule has 1 saturated heterocycles. The van der Waals surface area contributed by atoms with E-state index in [1.807, 2.05) is 25.2 Å². The molecule has 0 aliphatic carbocycles. The molecule has 1 aliphatic rings. The molecule has 0 spiro atoms. The maximum atomic E-state index is 11.0. The van der Waals surface area contributed by atoms with Crippen LogP contribution in [-0.4, -0.2) is 38.4 Å². The molecule has 1 aromatic carbocycles. The summed E-state index contributed by atoms with van der Waals surface area (Å²) in [5, 5.41) is 0. The molecule has 0 amide bonds. The molecular weight excluding hydrogens is 270 g/mol. The summed E-state index contributed by atoms with van der Waals surface area (Å²) in [5.41, 5.74) is 1.35. The van der Waals surface area contributed by atoms with Crippen LogP contribution in [0.1, 0.15) is 15.9 Å². The molecular formula is C12H14BrNO2. The minimum absolute atomic E-state index is 0.325. The van der Waals surface area contributed by atoms with Crippen LogP contribution in [0.5, 0.6) is 0 Å². The van der Waals surface area contributed by atoms with Gasteiger partial charge in [0.05, 0.1) is 0 Å². The van der Waals surface area contributed by atoms with Gasteiger partial charge in [-0.05, 0) is 24.7 Å². The second kappa shape index (κ2) is 4.28. The van der Waals surface area contributed by atoms with Gasteiger partial charge in [-0.15, -0.1) is 0 Å². The van der Waals surface area contributed by atoms with Crippen molar-refractivity contribution >= 4 is 22.2 Å². The largest absolute Gasteiger partial charge is 0.371 e. The number of ether oxygens (including phenoxy) is 1. The summed E-state index contributed by atoms with van der Waals surface area (Å²) in [4.78, 5) is 13.2. The summed E-state index contributed by atoms with van der Waals surface area (Å²) in [7, 11) is 3.73. The first-order valence-corrected chi connectivity index (χ1v) is 5.89. The fourth-order valence-corrected chi connectivity index (χ4v) is 2.62. The Bertz CT molecular complexity index is 413. The molecule has 16 heavy (non-hydrogen) atoms. The first-order valence-electron chi connectivity index (χ1n) is 5.10. The Morgan fingerprint density at radius 3 is 2.69 bits per heavy atom. The van der Waals surface area contributed by atoms with Crippen molar-refractivity contribution in [2.75, 3.05) is 27.2 Å². The van der Waals surface area contributed by atoms with Crippen molar-refractivity contribution in [3.63, 3.8) is 0 Å². The highest BCUT2D eigenvalue weighted by atomic mass is 79.9. The smallest absolute Gasteiger partial charge is 0.150 e. The number of rotatable bonds is 3. The van der Waals surface area contributed by atoms with Gasteiger partial charge in [-0.25, -0.2) is 0 Å². The number of aldehydes is 1. The molecule has 0 aromatic heterocycles. The molecule has 0 atom stereocenters. The number of halogens is 1. The third-order valence-electron chi connectivity index (χ3n) is 3.07. The number of hydrogen-bond acceptors (Lipinski definition) is 3. The maximum Gasteiger partial charge on any atom is 0.150 e. The normalized spacial score (nSPS) is 19.2. The van der Waals surface area contributed by atoms with E-state index in [0.717, 1.165) is 29.4 Å². The minimum atomic E-state index is -0.325. The quantitative estimate of drug-likeness (QED) is 0.796. The molecule has 1 fully saturated rings. The van der Waals surface area contributed by atoms with Gasteiger partial charge in [-0.2, -0.15) is 0 Å². The van der Waals surface area contributed by atoms with E-state index < -0.39 is 0 Å². The number of hydrogen-bond donors (Lipinski definition) is 0. The van der Waals surface area contributed by atoms with E-state index >= 15 is 0 Å². The number of benzene rings is 1. The average molecular weight is 284 g/mol. The van der Waals surface area contributed by atoms with E-state index in [1.54, 1.807) is 7.11 Å². The van der Waals surface area contributed by atoms with E-state index in [1.165, 1.54) is 0 Å². The van der Waals surface area contributed by atoms with Crippen molar-refractivity contribution in [3.05, 3.63) is 33.8 Å². The molecule has 86 valence electrons. The lowest BCUT2D eigenvalue weighted by Gasteiger charge is -2.48. The number of likely N-dealkylation sites (N-methyl/N-ethyl adjacent to an activating group) is 1. The van der Waals surface area contributed by atoms with Crippen molar-refractivity contribution in [1.29, 1.82) is 0 Å². The average Bonchev–Trinajstić information content (AvgIpc) is 2.24. The number of carbonyl (C=O) groups is 1. The van der Waals surface area contributed by atoms with Gasteiger partial charge >= 0.3 is 0 Å². The first-order chi connectivity index (χ1) is 7.61. The van der Waals surface area contributed by atoms with Crippen molar-refractivity contribution in [2.45, 2.75) is 5.60 Å². The number of carbonyl (C=O) groups excluding carboxylic acids is 1. The Hall–Kier alpha value is -0.710. The fourth-order valence-electron chi connectivity index (χ4n) is 2.26. The third-order valence-corrected chi connectivity index (χ3v) is 3.57. The standard InChI is InChI=1S/C12H14BrNO2/c1-14-7-12(8-14,16-2)11-5-10(13)4-3-9(11)6-15/h3-6H,7-8H2,1-2H3. The predicted molar refractivity (Wildman–Crippen MR) is 65.7 cm³/mol. The van der Waals surface area contributed by atoms with Crippen LogP contribution in [0.4, 0.5) is 0 Å². The van der Waals surface area contributed by atoms with E-state index in [0.29, 0.717) is 5.56 Å². The van der Waals surface area contributed by atoms with Crippen molar-refractivity contribution in [3.8, 4) is 0 Å². The van der Waals surface area contributed by atoms with Gasteiger partial charge in [0.2, 0.25) is 0 Å². The number of methoxy groups -OCH3 is 1. The van der Waals surface area contributed by atoms with E-state index in [2.05, 4.69) is 20.8 Å². The van der Waals surface area contributed by atoms with Gasteiger partial charge in [0, 0.05) is 30.2 Å². The van der Waals surface area contributed by atoms with Gasteiger partial charge in [0.15, 0.2) is 0 Å². The molecule has 3 nitrogen and oxygen atoms in total. The highest BCUT2D eigenvalue weighted by Gasteiger charge is 2.44. The topological polar surface area (TPSA) is 29.5 Å². The van der Waals surface area contributed by atoms with E-state index in [-0.39, 0.29) is 5.60 Å². The summed E-state index contributed by atoms with van der Waals surface area (Å²) < 4.78 is 6.58. The van der Waals surface area contributed by atoms with Crippen LogP contribution in [0, 0.1) is 0 Å². The van der Waals surface area contributed by atoms with Crippen LogP contribution < -0.4 is 0 Å². The maximum absolute atomic E-state index is 11.0. The molecule has 1 aliphatic heterocycles. The molecule has 0 radical (unpaired) electrons. The molecule has 2 rings (SSSR count). The van der Waals surface area contributed by atoms with Crippen LogP contribution in [-0.2, 0) is 10.3 Å². The molecule has 0 unspecified atom stereocenters. The highest BCUT2D eigenvalue weighted by molar-refractivity contribution is 9.10. The van der Waals surface area contributed by atoms with Gasteiger partial charge in [-0.1, -0.05) is 22.0 Å². The Morgan fingerprint density at radius 1 is 1.50 bits per heavy atom. The lowest BCUT2D eigenvalue weighted by molar-refractivity contribution is -0.121. The van der Waals surface area contributed by atoms with Crippen molar-refractivity contribution < 1.29 is 9.53 Å². The van der Waals surface area contributed by atoms with E-state index in [9.17, 15) is 4.79 Å². The van der Waals surface area contributed by atoms with Gasteiger partial charge in [0.25, 0.3) is 0 Å². The first kappa shape index (κ1) is 11.8. The fraction of sp³-hybridized carbons (Fsp3) is 0.417. The second-order valence-corrected chi connectivity index (χ2v) is 5.14. The van der Waals surface area contributed by atoms with Gasteiger partial charge in [0.1, 0.15) is 11.9 Å². The minimum Gasteiger partial charge on any atom is -0.371 e. The van der Waals surface area contributed by atoms with Crippen molar-refractivity contribution in [1.82, 2.24) is 4.90 Å². The Balaban J connectivity index is 2.45. The zero-order valence-corrected chi connectivity index (χ0v) is 11.0. The highest BCUT2D eigenvalue weighted by Crippen LogP contribution is 2.37. The summed E-state index contributed by atoms with van der Waals surface area (Å²) in [6.07, 6.45) is 0.890. The molecule has 0 saturated carbocycles. The summed E-state index contributed by atoms with van der Waals surface area (Å²) in [6, 6.07) is 5.67. The van der Waals surface area contributed by atoms with Crippen LogP contribution in [0.3, 0.4) is 0 Å². The molecule has 1 heterocycles. The third kappa shape index (κ3) is 1.81. The lowest BCUT2D eigenvalue weighted by Crippen LogP contribution is -2.58. The van der Waals surface area contributed by atoms with Gasteiger partial charge < -0.3 is 4.74 Å². The monoisotopic (exact) mass is 283 g/mol. The molecule has 0 N–H and O–H groups in total.